The zero-order valence-electron chi connectivity index (χ0n) is 7.24. The lowest BCUT2D eigenvalue weighted by atomic mass is 10.1. The van der Waals surface area contributed by atoms with Crippen LogP contribution in [0.3, 0.4) is 0 Å². The van der Waals surface area contributed by atoms with Crippen LogP contribution in [0, 0.1) is 9.39 Å². The molecule has 0 bridgehead atoms. The molecule has 0 fully saturated rings. The summed E-state index contributed by atoms with van der Waals surface area (Å²) in [7, 11) is 0. The summed E-state index contributed by atoms with van der Waals surface area (Å²) >= 11 is 2.15. The Morgan fingerprint density at radius 3 is 2.57 bits per heavy atom. The Morgan fingerprint density at radius 1 is 1.07 bits per heavy atom. The molecule has 3 heteroatoms. The Morgan fingerprint density at radius 2 is 1.86 bits per heavy atom. The monoisotopic (exact) mass is 299 g/mol. The summed E-state index contributed by atoms with van der Waals surface area (Å²) in [5, 5.41) is 0. The molecule has 0 atom stereocenters. The first kappa shape index (κ1) is 9.58. The van der Waals surface area contributed by atoms with Gasteiger partial charge in [-0.05, 0) is 46.9 Å². The fourth-order valence-corrected chi connectivity index (χ4v) is 1.87. The summed E-state index contributed by atoms with van der Waals surface area (Å²) in [6.07, 6.45) is 1.67. The average Bonchev–Trinajstić information content (AvgIpc) is 2.20. The molecule has 2 aromatic rings. The molecule has 0 aliphatic carbocycles. The number of aromatic nitrogens is 1. The smallest absolute Gasteiger partial charge is 0.132 e. The topological polar surface area (TPSA) is 12.9 Å². The first-order valence-electron chi connectivity index (χ1n) is 4.14. The summed E-state index contributed by atoms with van der Waals surface area (Å²) in [6, 6.07) is 10.4. The van der Waals surface area contributed by atoms with E-state index in [-0.39, 0.29) is 5.82 Å². The van der Waals surface area contributed by atoms with Crippen LogP contribution >= 0.6 is 22.6 Å². The second kappa shape index (κ2) is 4.04. The van der Waals surface area contributed by atoms with E-state index in [1.807, 2.05) is 18.2 Å². The van der Waals surface area contributed by atoms with Gasteiger partial charge in [0, 0.05) is 15.3 Å². The molecule has 0 saturated heterocycles. The van der Waals surface area contributed by atoms with E-state index in [2.05, 4.69) is 27.6 Å². The van der Waals surface area contributed by atoms with Crippen LogP contribution in [0.5, 0.6) is 0 Å². The molecule has 0 amide bonds. The van der Waals surface area contributed by atoms with Crippen LogP contribution in [0.25, 0.3) is 11.3 Å². The van der Waals surface area contributed by atoms with Gasteiger partial charge in [0.25, 0.3) is 0 Å². The highest BCUT2D eigenvalue weighted by molar-refractivity contribution is 14.1. The Bertz CT molecular complexity index is 413. The molecular weight excluding hydrogens is 292 g/mol. The van der Waals surface area contributed by atoms with Crippen molar-refractivity contribution in [2.24, 2.45) is 0 Å². The lowest BCUT2D eigenvalue weighted by Crippen LogP contribution is -1.89. The molecule has 0 aliphatic heterocycles. The van der Waals surface area contributed by atoms with E-state index in [0.29, 0.717) is 11.3 Å². The third kappa shape index (κ3) is 1.77. The van der Waals surface area contributed by atoms with Gasteiger partial charge in [-0.1, -0.05) is 12.1 Å². The summed E-state index contributed by atoms with van der Waals surface area (Å²) in [5.74, 6) is -0.232. The third-order valence-electron chi connectivity index (χ3n) is 1.89. The van der Waals surface area contributed by atoms with Crippen molar-refractivity contribution in [1.29, 1.82) is 0 Å². The van der Waals surface area contributed by atoms with Crippen molar-refractivity contribution in [3.05, 3.63) is 52.0 Å². The zero-order chi connectivity index (χ0) is 9.97. The molecular formula is C11H7FIN. The molecule has 14 heavy (non-hydrogen) atoms. The van der Waals surface area contributed by atoms with E-state index < -0.39 is 0 Å². The average molecular weight is 299 g/mol. The van der Waals surface area contributed by atoms with Crippen LogP contribution in [0.1, 0.15) is 0 Å². The van der Waals surface area contributed by atoms with Gasteiger partial charge in [-0.2, -0.15) is 0 Å². The molecule has 0 spiro atoms. The molecule has 1 nitrogen and oxygen atoms in total. The molecule has 1 heterocycles. The van der Waals surface area contributed by atoms with Gasteiger partial charge in [0.05, 0.1) is 5.69 Å². The predicted octanol–water partition coefficient (Wildman–Crippen LogP) is 3.49. The Labute approximate surface area is 95.1 Å². The van der Waals surface area contributed by atoms with Crippen molar-refractivity contribution in [1.82, 2.24) is 4.98 Å². The molecule has 0 N–H and O–H groups in total. The highest BCUT2D eigenvalue weighted by atomic mass is 127. The van der Waals surface area contributed by atoms with Gasteiger partial charge in [0.1, 0.15) is 5.82 Å². The van der Waals surface area contributed by atoms with Crippen molar-refractivity contribution in [2.45, 2.75) is 0 Å². The largest absolute Gasteiger partial charge is 0.255 e. The third-order valence-corrected chi connectivity index (χ3v) is 2.76. The minimum atomic E-state index is -0.232. The molecule has 0 saturated carbocycles. The Hall–Kier alpha value is -0.970. The van der Waals surface area contributed by atoms with Crippen LogP contribution in [0.2, 0.25) is 0 Å². The minimum Gasteiger partial charge on any atom is -0.255 e. The number of rotatable bonds is 1. The van der Waals surface area contributed by atoms with Gasteiger partial charge in [-0.15, -0.1) is 0 Å². The van der Waals surface area contributed by atoms with Gasteiger partial charge in [0.15, 0.2) is 0 Å². The summed E-state index contributed by atoms with van der Waals surface area (Å²) in [5.41, 5.74) is 1.25. The molecule has 1 aromatic heterocycles. The second-order valence-electron chi connectivity index (χ2n) is 2.81. The van der Waals surface area contributed by atoms with E-state index in [9.17, 15) is 4.39 Å². The standard InChI is InChI=1S/C11H7FIN/c12-9-5-2-1-4-8(9)11-10(13)6-3-7-14-11/h1-7H. The van der Waals surface area contributed by atoms with Crippen LogP contribution in [0.15, 0.2) is 42.6 Å². The van der Waals surface area contributed by atoms with Gasteiger partial charge < -0.3 is 0 Å². The number of hydrogen-bond donors (Lipinski definition) is 0. The van der Waals surface area contributed by atoms with Gasteiger partial charge >= 0.3 is 0 Å². The lowest BCUT2D eigenvalue weighted by molar-refractivity contribution is 0.630. The van der Waals surface area contributed by atoms with Crippen LogP contribution in [0.4, 0.5) is 4.39 Å². The van der Waals surface area contributed by atoms with Crippen LogP contribution in [-0.2, 0) is 0 Å². The van der Waals surface area contributed by atoms with E-state index in [1.54, 1.807) is 18.3 Å². The molecule has 0 radical (unpaired) electrons. The SMILES string of the molecule is Fc1ccccc1-c1ncccc1I. The fourth-order valence-electron chi connectivity index (χ4n) is 1.24. The Balaban J connectivity index is 2.61. The van der Waals surface area contributed by atoms with Crippen LogP contribution < -0.4 is 0 Å². The van der Waals surface area contributed by atoms with E-state index in [1.165, 1.54) is 6.07 Å². The number of pyridine rings is 1. The first-order valence-corrected chi connectivity index (χ1v) is 5.22. The second-order valence-corrected chi connectivity index (χ2v) is 3.98. The van der Waals surface area contributed by atoms with Gasteiger partial charge in [-0.3, -0.25) is 4.98 Å². The molecule has 0 unspecified atom stereocenters. The Kier molecular flexibility index (Phi) is 2.77. The maximum Gasteiger partial charge on any atom is 0.132 e. The van der Waals surface area contributed by atoms with Crippen molar-refractivity contribution < 1.29 is 4.39 Å². The summed E-state index contributed by atoms with van der Waals surface area (Å²) in [4.78, 5) is 4.16. The van der Waals surface area contributed by atoms with E-state index in [4.69, 9.17) is 0 Å². The highest BCUT2D eigenvalue weighted by Gasteiger charge is 2.07. The molecule has 2 rings (SSSR count). The minimum absolute atomic E-state index is 0.232. The molecule has 0 aliphatic rings. The fraction of sp³-hybridized carbons (Fsp3) is 0. The number of nitrogens with zero attached hydrogens (tertiary/aromatic N) is 1. The highest BCUT2D eigenvalue weighted by Crippen LogP contribution is 2.24. The normalized spacial score (nSPS) is 10.1. The molecule has 1 aromatic carbocycles. The maximum atomic E-state index is 13.4. The van der Waals surface area contributed by atoms with Crippen molar-refractivity contribution in [3.8, 4) is 11.3 Å². The summed E-state index contributed by atoms with van der Waals surface area (Å²) < 4.78 is 14.4. The number of benzene rings is 1. The van der Waals surface area contributed by atoms with Gasteiger partial charge in [0.2, 0.25) is 0 Å². The van der Waals surface area contributed by atoms with Crippen molar-refractivity contribution in [2.75, 3.05) is 0 Å². The maximum absolute atomic E-state index is 13.4. The van der Waals surface area contributed by atoms with Crippen molar-refractivity contribution in [3.63, 3.8) is 0 Å². The lowest BCUT2D eigenvalue weighted by Gasteiger charge is -2.03. The summed E-state index contributed by atoms with van der Waals surface area (Å²) in [6.45, 7) is 0. The predicted molar refractivity (Wildman–Crippen MR) is 62.3 cm³/mol. The quantitative estimate of drug-likeness (QED) is 0.735. The molecule has 70 valence electrons. The zero-order valence-corrected chi connectivity index (χ0v) is 9.40. The van der Waals surface area contributed by atoms with Gasteiger partial charge in [-0.25, -0.2) is 4.39 Å². The number of hydrogen-bond acceptors (Lipinski definition) is 1. The van der Waals surface area contributed by atoms with E-state index >= 15 is 0 Å². The number of halogens is 2. The van der Waals surface area contributed by atoms with E-state index in [0.717, 1.165) is 3.57 Å². The van der Waals surface area contributed by atoms with Crippen LogP contribution in [-0.4, -0.2) is 4.98 Å². The first-order chi connectivity index (χ1) is 6.79. The van der Waals surface area contributed by atoms with Crippen molar-refractivity contribution >= 4 is 22.6 Å².